The van der Waals surface area contributed by atoms with E-state index >= 15 is 0 Å². The molecule has 2 aliphatic carbocycles. The first-order valence-electron chi connectivity index (χ1n) is 8.51. The lowest BCUT2D eigenvalue weighted by molar-refractivity contribution is -0.130. The summed E-state index contributed by atoms with van der Waals surface area (Å²) in [5.74, 6) is 0.107. The number of carbonyl (C=O) groups excluding carboxylic acids is 2. The van der Waals surface area contributed by atoms with Gasteiger partial charge in [0.05, 0.1) is 0 Å². The highest BCUT2D eigenvalue weighted by Gasteiger charge is 2.70. The van der Waals surface area contributed by atoms with E-state index in [1.807, 2.05) is 11.0 Å². The van der Waals surface area contributed by atoms with Gasteiger partial charge >= 0.3 is 0 Å². The van der Waals surface area contributed by atoms with Crippen LogP contribution in [-0.4, -0.2) is 48.3 Å². The summed E-state index contributed by atoms with van der Waals surface area (Å²) in [6.07, 6.45) is 9.97. The summed E-state index contributed by atoms with van der Waals surface area (Å²) < 4.78 is 0. The van der Waals surface area contributed by atoms with Gasteiger partial charge in [0.2, 0.25) is 12.3 Å². The van der Waals surface area contributed by atoms with E-state index in [0.717, 1.165) is 6.41 Å². The highest BCUT2D eigenvalue weighted by molar-refractivity contribution is 5.88. The van der Waals surface area contributed by atoms with E-state index in [1.165, 1.54) is 25.7 Å². The Hall–Kier alpha value is -1.32. The molecule has 0 aromatic heterocycles. The lowest BCUT2D eigenvalue weighted by Gasteiger charge is -2.41. The van der Waals surface area contributed by atoms with Crippen LogP contribution in [-0.2, 0) is 9.59 Å². The van der Waals surface area contributed by atoms with Crippen LogP contribution in [0.2, 0.25) is 0 Å². The molecule has 2 unspecified atom stereocenters. The van der Waals surface area contributed by atoms with E-state index in [1.54, 1.807) is 4.90 Å². The molecule has 22 heavy (non-hydrogen) atoms. The molecule has 0 N–H and O–H groups in total. The Kier molecular flexibility index (Phi) is 3.61. The number of allylic oxidation sites excluding steroid dienone is 1. The Morgan fingerprint density at radius 1 is 1.05 bits per heavy atom. The summed E-state index contributed by atoms with van der Waals surface area (Å²) in [5.41, 5.74) is 0.882. The molecule has 3 aliphatic rings. The largest absolute Gasteiger partial charge is 0.342 e. The Morgan fingerprint density at radius 2 is 1.73 bits per heavy atom. The average molecular weight is 304 g/mol. The molecule has 0 spiro atoms. The van der Waals surface area contributed by atoms with Crippen molar-refractivity contribution < 1.29 is 9.59 Å². The number of piperazine rings is 1. The lowest BCUT2D eigenvalue weighted by Crippen LogP contribution is -2.47. The fourth-order valence-corrected chi connectivity index (χ4v) is 4.93. The first-order chi connectivity index (χ1) is 10.3. The van der Waals surface area contributed by atoms with Crippen LogP contribution < -0.4 is 0 Å². The van der Waals surface area contributed by atoms with Crippen molar-refractivity contribution in [1.29, 1.82) is 0 Å². The number of hydrogen-bond donors (Lipinski definition) is 0. The summed E-state index contributed by atoms with van der Waals surface area (Å²) in [5, 5.41) is 0. The standard InChI is InChI=1S/C18H28N2O2/c1-16(2)6-4-7-17(3)13-18(16,17)8-5-15(22)20-11-9-19(14-21)10-12-20/h5,8,14H,4,6-7,9-13H2,1-3H3/b8-5+. The van der Waals surface area contributed by atoms with E-state index in [-0.39, 0.29) is 16.7 Å². The number of rotatable bonds is 3. The molecule has 1 aliphatic heterocycles. The number of fused-ring (bicyclic) bond motifs is 1. The minimum Gasteiger partial charge on any atom is -0.342 e. The van der Waals surface area contributed by atoms with Crippen molar-refractivity contribution >= 4 is 12.3 Å². The minimum atomic E-state index is 0.107. The maximum absolute atomic E-state index is 12.4. The topological polar surface area (TPSA) is 40.6 Å². The number of carbonyl (C=O) groups is 2. The van der Waals surface area contributed by atoms with Crippen LogP contribution in [0, 0.1) is 16.2 Å². The zero-order valence-corrected chi connectivity index (χ0v) is 14.1. The van der Waals surface area contributed by atoms with Crippen molar-refractivity contribution in [2.24, 2.45) is 16.2 Å². The molecule has 122 valence electrons. The molecule has 2 saturated carbocycles. The second kappa shape index (κ2) is 5.10. The average Bonchev–Trinajstić information content (AvgIpc) is 3.13. The molecule has 1 heterocycles. The molecule has 0 bridgehead atoms. The first-order valence-corrected chi connectivity index (χ1v) is 8.51. The molecule has 0 aromatic rings. The van der Waals surface area contributed by atoms with Crippen LogP contribution in [0.4, 0.5) is 0 Å². The Morgan fingerprint density at radius 3 is 2.32 bits per heavy atom. The zero-order valence-electron chi connectivity index (χ0n) is 14.1. The van der Waals surface area contributed by atoms with E-state index in [0.29, 0.717) is 31.6 Å². The fraction of sp³-hybridized carbons (Fsp3) is 0.778. The number of amides is 2. The summed E-state index contributed by atoms with van der Waals surface area (Å²) in [6, 6.07) is 0. The second-order valence-electron chi connectivity index (χ2n) is 8.25. The van der Waals surface area contributed by atoms with Gasteiger partial charge in [0.1, 0.15) is 0 Å². The molecule has 3 rings (SSSR count). The van der Waals surface area contributed by atoms with Gasteiger partial charge in [0.15, 0.2) is 0 Å². The molecule has 1 saturated heterocycles. The Balaban J connectivity index is 1.67. The predicted molar refractivity (Wildman–Crippen MR) is 86.1 cm³/mol. The van der Waals surface area contributed by atoms with Gasteiger partial charge in [0, 0.05) is 26.2 Å². The van der Waals surface area contributed by atoms with Gasteiger partial charge in [-0.15, -0.1) is 0 Å². The molecule has 4 nitrogen and oxygen atoms in total. The second-order valence-corrected chi connectivity index (χ2v) is 8.25. The van der Waals surface area contributed by atoms with Crippen molar-refractivity contribution in [1.82, 2.24) is 9.80 Å². The van der Waals surface area contributed by atoms with E-state index < -0.39 is 0 Å². The van der Waals surface area contributed by atoms with Gasteiger partial charge in [-0.25, -0.2) is 0 Å². The number of nitrogens with zero attached hydrogens (tertiary/aromatic N) is 2. The van der Waals surface area contributed by atoms with E-state index in [2.05, 4.69) is 26.8 Å². The van der Waals surface area contributed by atoms with E-state index in [9.17, 15) is 9.59 Å². The summed E-state index contributed by atoms with van der Waals surface area (Å²) >= 11 is 0. The van der Waals surface area contributed by atoms with Crippen LogP contribution in [0.25, 0.3) is 0 Å². The van der Waals surface area contributed by atoms with Gasteiger partial charge in [-0.3, -0.25) is 9.59 Å². The van der Waals surface area contributed by atoms with Crippen LogP contribution in [0.5, 0.6) is 0 Å². The first kappa shape index (κ1) is 15.6. The molecule has 2 atom stereocenters. The lowest BCUT2D eigenvalue weighted by atomic mass is 9.63. The summed E-state index contributed by atoms with van der Waals surface area (Å²) in [7, 11) is 0. The fourth-order valence-electron chi connectivity index (χ4n) is 4.93. The van der Waals surface area contributed by atoms with Gasteiger partial charge < -0.3 is 9.80 Å². The van der Waals surface area contributed by atoms with Gasteiger partial charge in [0.25, 0.3) is 0 Å². The SMILES string of the molecule is CC1(C)CCCC2(C)CC12/C=C/C(=O)N1CCN(C=O)CC1. The van der Waals surface area contributed by atoms with E-state index in [4.69, 9.17) is 0 Å². The molecule has 3 fully saturated rings. The Bertz CT molecular complexity index is 505. The van der Waals surface area contributed by atoms with Crippen LogP contribution in [0.1, 0.15) is 46.5 Å². The quantitative estimate of drug-likeness (QED) is 0.593. The Labute approximate surface area is 133 Å². The molecule has 4 heteroatoms. The highest BCUT2D eigenvalue weighted by atomic mass is 16.2. The van der Waals surface area contributed by atoms with Crippen molar-refractivity contribution in [3.8, 4) is 0 Å². The predicted octanol–water partition coefficient (Wildman–Crippen LogP) is 2.45. The monoisotopic (exact) mass is 304 g/mol. The van der Waals surface area contributed by atoms with Crippen LogP contribution >= 0.6 is 0 Å². The normalized spacial score (nSPS) is 37.0. The van der Waals surface area contributed by atoms with Gasteiger partial charge in [-0.2, -0.15) is 0 Å². The van der Waals surface area contributed by atoms with Crippen molar-refractivity contribution in [3.63, 3.8) is 0 Å². The maximum atomic E-state index is 12.4. The van der Waals surface area contributed by atoms with Gasteiger partial charge in [-0.05, 0) is 41.6 Å². The molecular formula is C18H28N2O2. The van der Waals surface area contributed by atoms with Crippen molar-refractivity contribution in [2.45, 2.75) is 46.5 Å². The third kappa shape index (κ3) is 2.27. The third-order valence-electron chi connectivity index (χ3n) is 6.64. The van der Waals surface area contributed by atoms with Crippen molar-refractivity contribution in [2.75, 3.05) is 26.2 Å². The zero-order chi connectivity index (χ0) is 16.0. The molecule has 0 radical (unpaired) electrons. The highest BCUT2D eigenvalue weighted by Crippen LogP contribution is 2.78. The third-order valence-corrected chi connectivity index (χ3v) is 6.64. The molecular weight excluding hydrogens is 276 g/mol. The molecule has 2 amide bonds. The molecule has 0 aromatic carbocycles. The number of hydrogen-bond acceptors (Lipinski definition) is 2. The summed E-state index contributed by atoms with van der Waals surface area (Å²) in [4.78, 5) is 26.8. The minimum absolute atomic E-state index is 0.107. The van der Waals surface area contributed by atoms with Crippen LogP contribution in [0.3, 0.4) is 0 Å². The smallest absolute Gasteiger partial charge is 0.246 e. The van der Waals surface area contributed by atoms with Crippen molar-refractivity contribution in [3.05, 3.63) is 12.2 Å². The maximum Gasteiger partial charge on any atom is 0.246 e. The summed E-state index contributed by atoms with van der Waals surface area (Å²) in [6.45, 7) is 9.69. The van der Waals surface area contributed by atoms with Gasteiger partial charge in [-0.1, -0.05) is 33.3 Å². The van der Waals surface area contributed by atoms with Crippen LogP contribution in [0.15, 0.2) is 12.2 Å².